The van der Waals surface area contributed by atoms with Crippen LogP contribution in [0.3, 0.4) is 0 Å². The minimum absolute atomic E-state index is 0.140. The summed E-state index contributed by atoms with van der Waals surface area (Å²) in [7, 11) is 0. The summed E-state index contributed by atoms with van der Waals surface area (Å²) in [6, 6.07) is 7.72. The molecule has 1 aliphatic heterocycles. The van der Waals surface area contributed by atoms with Crippen LogP contribution in [0.5, 0.6) is 0 Å². The van der Waals surface area contributed by atoms with Crippen molar-refractivity contribution in [1.29, 1.82) is 0 Å². The van der Waals surface area contributed by atoms with E-state index in [1.54, 1.807) is 18.2 Å². The zero-order valence-corrected chi connectivity index (χ0v) is 9.79. The average Bonchev–Trinajstić information content (AvgIpc) is 2.41. The average molecular weight is 274 g/mol. The van der Waals surface area contributed by atoms with Crippen LogP contribution >= 0.6 is 0 Å². The summed E-state index contributed by atoms with van der Waals surface area (Å²) in [6.07, 6.45) is -3.31. The number of alkyl halides is 2. The van der Waals surface area contributed by atoms with Gasteiger partial charge in [-0.25, -0.2) is 14.6 Å². The molecular weight excluding hydrogens is 262 g/mol. The van der Waals surface area contributed by atoms with Crippen molar-refractivity contribution in [1.82, 2.24) is 0 Å². The van der Waals surface area contributed by atoms with E-state index in [9.17, 15) is 13.6 Å². The standard InChI is InChI=1S/C12H12F2O5/c13-12(14)7-17-19-9(6-15)10(12)18-11(16)8-4-2-1-3-5-8/h1-5,9-10,15H,6-7H2/t9-,10?/m1/s1. The minimum Gasteiger partial charge on any atom is -0.449 e. The van der Waals surface area contributed by atoms with E-state index >= 15 is 0 Å². The summed E-state index contributed by atoms with van der Waals surface area (Å²) in [5.74, 6) is -4.33. The minimum atomic E-state index is -3.42. The van der Waals surface area contributed by atoms with Crippen LogP contribution in [0.15, 0.2) is 30.3 Å². The van der Waals surface area contributed by atoms with Crippen LogP contribution in [0.25, 0.3) is 0 Å². The van der Waals surface area contributed by atoms with Gasteiger partial charge in [0.15, 0.2) is 12.2 Å². The van der Waals surface area contributed by atoms with E-state index in [-0.39, 0.29) is 5.56 Å². The van der Waals surface area contributed by atoms with Crippen molar-refractivity contribution in [3.05, 3.63) is 35.9 Å². The molecule has 0 spiro atoms. The van der Waals surface area contributed by atoms with Crippen molar-refractivity contribution >= 4 is 5.97 Å². The van der Waals surface area contributed by atoms with Gasteiger partial charge < -0.3 is 9.84 Å². The summed E-state index contributed by atoms with van der Waals surface area (Å²) in [6.45, 7) is -1.78. The fourth-order valence-electron chi connectivity index (χ4n) is 1.65. The molecule has 0 bridgehead atoms. The third-order valence-electron chi connectivity index (χ3n) is 2.62. The lowest BCUT2D eigenvalue weighted by atomic mass is 10.1. The maximum atomic E-state index is 13.6. The Bertz CT molecular complexity index is 437. The van der Waals surface area contributed by atoms with Gasteiger partial charge in [0.1, 0.15) is 6.61 Å². The molecule has 0 aromatic heterocycles. The maximum absolute atomic E-state index is 13.6. The molecule has 1 unspecified atom stereocenters. The number of aliphatic hydroxyl groups is 1. The van der Waals surface area contributed by atoms with Crippen molar-refractivity contribution in [2.24, 2.45) is 0 Å². The van der Waals surface area contributed by atoms with Crippen molar-refractivity contribution in [3.63, 3.8) is 0 Å². The summed E-state index contributed by atoms with van der Waals surface area (Å²) < 4.78 is 31.9. The third-order valence-corrected chi connectivity index (χ3v) is 2.62. The van der Waals surface area contributed by atoms with Crippen molar-refractivity contribution in [3.8, 4) is 0 Å². The lowest BCUT2D eigenvalue weighted by molar-refractivity contribution is -0.413. The van der Waals surface area contributed by atoms with Crippen LogP contribution in [0.1, 0.15) is 10.4 Å². The van der Waals surface area contributed by atoms with E-state index < -0.39 is 37.3 Å². The van der Waals surface area contributed by atoms with E-state index in [0.717, 1.165) is 0 Å². The predicted octanol–water partition coefficient (Wildman–Crippen LogP) is 1.17. The number of carbonyl (C=O) groups excluding carboxylic acids is 1. The van der Waals surface area contributed by atoms with Gasteiger partial charge >= 0.3 is 11.9 Å². The normalized spacial score (nSPS) is 25.8. The van der Waals surface area contributed by atoms with Gasteiger partial charge in [-0.3, -0.25) is 0 Å². The lowest BCUT2D eigenvalue weighted by Gasteiger charge is -2.34. The SMILES string of the molecule is O=C(OC1[C@@H](CO)OOCC1(F)F)c1ccccc1. The molecule has 0 saturated carbocycles. The Labute approximate surface area is 107 Å². The summed E-state index contributed by atoms with van der Waals surface area (Å²) >= 11 is 0. The van der Waals surface area contributed by atoms with Gasteiger partial charge in [0, 0.05) is 0 Å². The molecule has 0 radical (unpaired) electrons. The van der Waals surface area contributed by atoms with Crippen LogP contribution in [-0.4, -0.2) is 42.4 Å². The summed E-state index contributed by atoms with van der Waals surface area (Å²) in [5.41, 5.74) is 0.140. The largest absolute Gasteiger partial charge is 0.449 e. The number of carbonyl (C=O) groups is 1. The molecule has 2 rings (SSSR count). The molecule has 2 atom stereocenters. The zero-order valence-electron chi connectivity index (χ0n) is 9.79. The summed E-state index contributed by atoms with van der Waals surface area (Å²) in [4.78, 5) is 20.4. The lowest BCUT2D eigenvalue weighted by Crippen LogP contribution is -2.54. The quantitative estimate of drug-likeness (QED) is 0.662. The first kappa shape index (κ1) is 13.9. The zero-order chi connectivity index (χ0) is 13.9. The molecule has 104 valence electrons. The number of halogens is 2. The molecule has 1 aromatic rings. The second-order valence-electron chi connectivity index (χ2n) is 4.03. The van der Waals surface area contributed by atoms with Gasteiger partial charge in [0.25, 0.3) is 0 Å². The van der Waals surface area contributed by atoms with Gasteiger partial charge in [-0.1, -0.05) is 18.2 Å². The van der Waals surface area contributed by atoms with E-state index in [1.165, 1.54) is 12.1 Å². The van der Waals surface area contributed by atoms with Crippen LogP contribution in [0.2, 0.25) is 0 Å². The molecule has 19 heavy (non-hydrogen) atoms. The molecular formula is C12H12F2O5. The second-order valence-corrected chi connectivity index (χ2v) is 4.03. The number of hydrogen-bond donors (Lipinski definition) is 1. The second kappa shape index (κ2) is 5.60. The van der Waals surface area contributed by atoms with Crippen molar-refractivity contribution < 1.29 is 33.2 Å². The fraction of sp³-hybridized carbons (Fsp3) is 0.417. The molecule has 1 saturated heterocycles. The van der Waals surface area contributed by atoms with E-state index in [0.29, 0.717) is 0 Å². The molecule has 0 aliphatic carbocycles. The van der Waals surface area contributed by atoms with Crippen molar-refractivity contribution in [2.75, 3.05) is 13.2 Å². The van der Waals surface area contributed by atoms with Gasteiger partial charge in [0.2, 0.25) is 0 Å². The van der Waals surface area contributed by atoms with Gasteiger partial charge in [-0.2, -0.15) is 8.78 Å². The Hall–Kier alpha value is -1.57. The van der Waals surface area contributed by atoms with Gasteiger partial charge in [-0.15, -0.1) is 0 Å². The predicted molar refractivity (Wildman–Crippen MR) is 58.5 cm³/mol. The Balaban J connectivity index is 2.13. The van der Waals surface area contributed by atoms with E-state index in [2.05, 4.69) is 9.78 Å². The number of rotatable bonds is 3. The molecule has 1 heterocycles. The van der Waals surface area contributed by atoms with E-state index in [4.69, 9.17) is 9.84 Å². The van der Waals surface area contributed by atoms with Crippen LogP contribution in [0, 0.1) is 0 Å². The highest BCUT2D eigenvalue weighted by Crippen LogP contribution is 2.30. The highest BCUT2D eigenvalue weighted by Gasteiger charge is 2.52. The number of aliphatic hydroxyl groups excluding tert-OH is 1. The van der Waals surface area contributed by atoms with Crippen LogP contribution in [-0.2, 0) is 14.5 Å². The Kier molecular flexibility index (Phi) is 4.08. The molecule has 1 N–H and O–H groups in total. The smallest absolute Gasteiger partial charge is 0.338 e. The van der Waals surface area contributed by atoms with Crippen LogP contribution < -0.4 is 0 Å². The number of hydrogen-bond acceptors (Lipinski definition) is 5. The van der Waals surface area contributed by atoms with Gasteiger partial charge in [-0.05, 0) is 12.1 Å². The first-order valence-electron chi connectivity index (χ1n) is 5.57. The molecule has 0 amide bonds. The third kappa shape index (κ3) is 3.06. The van der Waals surface area contributed by atoms with Crippen molar-refractivity contribution in [2.45, 2.75) is 18.1 Å². The Morgan fingerprint density at radius 1 is 1.42 bits per heavy atom. The number of ether oxygens (including phenoxy) is 1. The number of benzene rings is 1. The monoisotopic (exact) mass is 274 g/mol. The summed E-state index contributed by atoms with van der Waals surface area (Å²) in [5, 5.41) is 8.95. The highest BCUT2D eigenvalue weighted by atomic mass is 19.3. The van der Waals surface area contributed by atoms with Crippen LogP contribution in [0.4, 0.5) is 8.78 Å². The maximum Gasteiger partial charge on any atom is 0.338 e. The molecule has 1 aromatic carbocycles. The number of esters is 1. The highest BCUT2D eigenvalue weighted by molar-refractivity contribution is 5.89. The Morgan fingerprint density at radius 2 is 2.11 bits per heavy atom. The van der Waals surface area contributed by atoms with E-state index in [1.807, 2.05) is 0 Å². The van der Waals surface area contributed by atoms with Gasteiger partial charge in [0.05, 0.1) is 12.2 Å². The molecule has 5 nitrogen and oxygen atoms in total. The topological polar surface area (TPSA) is 65.0 Å². The first-order valence-corrected chi connectivity index (χ1v) is 5.57. The molecule has 1 aliphatic rings. The first-order chi connectivity index (χ1) is 9.04. The molecule has 1 fully saturated rings. The molecule has 7 heteroatoms. The Morgan fingerprint density at radius 3 is 2.74 bits per heavy atom. The fourth-order valence-corrected chi connectivity index (χ4v) is 1.65.